The molecule has 5 heteroatoms. The molecule has 0 aliphatic carbocycles. The van der Waals surface area contributed by atoms with Crippen LogP contribution in [-0.4, -0.2) is 17.4 Å². The van der Waals surface area contributed by atoms with Crippen LogP contribution in [0.2, 0.25) is 5.15 Å². The van der Waals surface area contributed by atoms with Crippen molar-refractivity contribution in [3.05, 3.63) is 30.1 Å². The highest BCUT2D eigenvalue weighted by Gasteiger charge is 2.30. The van der Waals surface area contributed by atoms with E-state index in [2.05, 4.69) is 11.6 Å². The molecule has 84 valence electrons. The first kappa shape index (κ1) is 11.0. The van der Waals surface area contributed by atoms with E-state index in [1.807, 2.05) is 0 Å². The summed E-state index contributed by atoms with van der Waals surface area (Å²) in [6.07, 6.45) is 3.81. The monoisotopic (exact) mass is 237 g/mol. The summed E-state index contributed by atoms with van der Waals surface area (Å²) < 4.78 is 0. The molecule has 4 nitrogen and oxygen atoms in total. The van der Waals surface area contributed by atoms with Gasteiger partial charge in [0.15, 0.2) is 5.15 Å². The molecule has 1 atom stereocenters. The van der Waals surface area contributed by atoms with Gasteiger partial charge in [-0.05, 0) is 6.07 Å². The second-order valence-corrected chi connectivity index (χ2v) is 4.10. The van der Waals surface area contributed by atoms with Crippen molar-refractivity contribution >= 4 is 28.9 Å². The van der Waals surface area contributed by atoms with Crippen LogP contribution in [0.25, 0.3) is 0 Å². The van der Waals surface area contributed by atoms with E-state index in [1.54, 1.807) is 23.2 Å². The molecule has 0 bridgehead atoms. The first-order chi connectivity index (χ1) is 7.63. The number of pyridine rings is 1. The Bertz CT molecular complexity index is 447. The van der Waals surface area contributed by atoms with E-state index in [0.717, 1.165) is 0 Å². The van der Waals surface area contributed by atoms with Gasteiger partial charge in [0.25, 0.3) is 0 Å². The van der Waals surface area contributed by atoms with Gasteiger partial charge in [-0.3, -0.25) is 4.79 Å². The van der Waals surface area contributed by atoms with E-state index >= 15 is 0 Å². The Morgan fingerprint density at radius 1 is 1.69 bits per heavy atom. The lowest BCUT2D eigenvalue weighted by Crippen LogP contribution is -2.25. The molecule has 1 aromatic heterocycles. The van der Waals surface area contributed by atoms with Crippen molar-refractivity contribution in [3.63, 3.8) is 0 Å². The van der Waals surface area contributed by atoms with Crippen molar-refractivity contribution in [2.24, 2.45) is 5.92 Å². The third kappa shape index (κ3) is 1.76. The lowest BCUT2D eigenvalue weighted by Gasteiger charge is -2.18. The number of amides is 1. The second-order valence-electron chi connectivity index (χ2n) is 3.74. The predicted octanol–water partition coefficient (Wildman–Crippen LogP) is 1.86. The van der Waals surface area contributed by atoms with Crippen LogP contribution in [0.1, 0.15) is 6.42 Å². The topological polar surface area (TPSA) is 59.2 Å². The van der Waals surface area contributed by atoms with Crippen LogP contribution in [0, 0.1) is 5.92 Å². The second kappa shape index (κ2) is 4.14. The summed E-state index contributed by atoms with van der Waals surface area (Å²) in [6, 6.07) is 1.70. The molecule has 1 aliphatic rings. The molecule has 0 spiro atoms. The number of halogens is 1. The number of anilines is 2. The third-order valence-electron chi connectivity index (χ3n) is 2.70. The summed E-state index contributed by atoms with van der Waals surface area (Å²) >= 11 is 5.82. The summed E-state index contributed by atoms with van der Waals surface area (Å²) in [5.74, 6) is 0.220. The number of nitrogens with zero attached hydrogens (tertiary/aromatic N) is 2. The first-order valence-corrected chi connectivity index (χ1v) is 5.34. The fourth-order valence-electron chi connectivity index (χ4n) is 1.80. The van der Waals surface area contributed by atoms with Crippen molar-refractivity contribution < 1.29 is 4.79 Å². The fourth-order valence-corrected chi connectivity index (χ4v) is 1.95. The Morgan fingerprint density at radius 2 is 2.44 bits per heavy atom. The van der Waals surface area contributed by atoms with Crippen molar-refractivity contribution in [2.45, 2.75) is 6.42 Å². The molecule has 1 unspecified atom stereocenters. The Hall–Kier alpha value is -1.55. The number of carbonyl (C=O) groups is 1. The number of rotatable bonds is 2. The molecule has 1 amide bonds. The van der Waals surface area contributed by atoms with Gasteiger partial charge in [0.05, 0.1) is 11.4 Å². The normalized spacial score (nSPS) is 20.2. The molecule has 16 heavy (non-hydrogen) atoms. The van der Waals surface area contributed by atoms with Gasteiger partial charge in [-0.2, -0.15) is 0 Å². The molecule has 0 aromatic carbocycles. The average Bonchev–Trinajstić information content (AvgIpc) is 2.64. The molecule has 0 radical (unpaired) electrons. The molecule has 0 saturated carbocycles. The van der Waals surface area contributed by atoms with Gasteiger partial charge in [-0.1, -0.05) is 17.7 Å². The van der Waals surface area contributed by atoms with E-state index in [1.165, 1.54) is 0 Å². The number of nitrogens with two attached hydrogens (primary N) is 1. The molecule has 2 rings (SSSR count). The minimum Gasteiger partial charge on any atom is -0.395 e. The molecule has 1 aromatic rings. The Morgan fingerprint density at radius 3 is 3.06 bits per heavy atom. The highest BCUT2D eigenvalue weighted by molar-refractivity contribution is 6.32. The van der Waals surface area contributed by atoms with E-state index in [-0.39, 0.29) is 17.0 Å². The smallest absolute Gasteiger partial charge is 0.227 e. The van der Waals surface area contributed by atoms with Gasteiger partial charge in [0.2, 0.25) is 5.91 Å². The molecule has 1 aliphatic heterocycles. The highest BCUT2D eigenvalue weighted by atomic mass is 35.5. The number of carbonyl (C=O) groups excluding carboxylic acids is 1. The maximum Gasteiger partial charge on any atom is 0.227 e. The van der Waals surface area contributed by atoms with Crippen LogP contribution >= 0.6 is 11.6 Å². The van der Waals surface area contributed by atoms with Crippen LogP contribution in [0.3, 0.4) is 0 Å². The van der Waals surface area contributed by atoms with Crippen molar-refractivity contribution in [2.75, 3.05) is 17.2 Å². The molecular formula is C11H12ClN3O. The molecular weight excluding hydrogens is 226 g/mol. The van der Waals surface area contributed by atoms with E-state index < -0.39 is 0 Å². The van der Waals surface area contributed by atoms with Crippen LogP contribution in [-0.2, 0) is 4.79 Å². The summed E-state index contributed by atoms with van der Waals surface area (Å²) in [4.78, 5) is 17.3. The van der Waals surface area contributed by atoms with E-state index in [9.17, 15) is 4.79 Å². The third-order valence-corrected chi connectivity index (χ3v) is 3.00. The zero-order valence-corrected chi connectivity index (χ0v) is 9.44. The van der Waals surface area contributed by atoms with Gasteiger partial charge >= 0.3 is 0 Å². The van der Waals surface area contributed by atoms with Gasteiger partial charge in [-0.15, -0.1) is 6.58 Å². The van der Waals surface area contributed by atoms with Crippen molar-refractivity contribution in [3.8, 4) is 0 Å². The van der Waals surface area contributed by atoms with Crippen LogP contribution in [0.15, 0.2) is 24.9 Å². The molecule has 2 N–H and O–H groups in total. The van der Waals surface area contributed by atoms with E-state index in [4.69, 9.17) is 17.3 Å². The van der Waals surface area contributed by atoms with Gasteiger partial charge in [-0.25, -0.2) is 4.98 Å². The summed E-state index contributed by atoms with van der Waals surface area (Å²) in [7, 11) is 0. The SMILES string of the molecule is C=CC1CC(=O)N(c2ccnc(Cl)c2N)C1. The lowest BCUT2D eigenvalue weighted by molar-refractivity contribution is -0.117. The standard InChI is InChI=1S/C11H12ClN3O/c1-2-7-5-9(16)15(6-7)8-3-4-14-11(12)10(8)13/h2-4,7H,1,5-6,13H2. The number of hydrogen-bond acceptors (Lipinski definition) is 3. The van der Waals surface area contributed by atoms with Gasteiger partial charge < -0.3 is 10.6 Å². The van der Waals surface area contributed by atoms with E-state index in [0.29, 0.717) is 24.3 Å². The zero-order chi connectivity index (χ0) is 11.7. The number of aromatic nitrogens is 1. The molecule has 1 fully saturated rings. The van der Waals surface area contributed by atoms with Gasteiger partial charge in [0.1, 0.15) is 0 Å². The maximum absolute atomic E-state index is 11.8. The molecule has 2 heterocycles. The van der Waals surface area contributed by atoms with Crippen molar-refractivity contribution in [1.29, 1.82) is 0 Å². The van der Waals surface area contributed by atoms with Crippen LogP contribution in [0.4, 0.5) is 11.4 Å². The Labute approximate surface area is 98.7 Å². The maximum atomic E-state index is 11.8. The Balaban J connectivity index is 2.35. The summed E-state index contributed by atoms with van der Waals surface area (Å²) in [6.45, 7) is 4.30. The minimum absolute atomic E-state index is 0.0406. The molecule has 1 saturated heterocycles. The minimum atomic E-state index is 0.0406. The van der Waals surface area contributed by atoms with Crippen LogP contribution in [0.5, 0.6) is 0 Å². The quantitative estimate of drug-likeness (QED) is 0.631. The van der Waals surface area contributed by atoms with Crippen LogP contribution < -0.4 is 10.6 Å². The summed E-state index contributed by atoms with van der Waals surface area (Å²) in [5.41, 5.74) is 6.78. The highest BCUT2D eigenvalue weighted by Crippen LogP contribution is 2.32. The average molecular weight is 238 g/mol. The number of nitrogen functional groups attached to an aromatic ring is 1. The number of hydrogen-bond donors (Lipinski definition) is 1. The zero-order valence-electron chi connectivity index (χ0n) is 8.69. The predicted molar refractivity (Wildman–Crippen MR) is 64.3 cm³/mol. The van der Waals surface area contributed by atoms with Gasteiger partial charge in [0, 0.05) is 25.1 Å². The fraction of sp³-hybridized carbons (Fsp3) is 0.273. The Kier molecular flexibility index (Phi) is 2.83. The van der Waals surface area contributed by atoms with Crippen molar-refractivity contribution in [1.82, 2.24) is 4.98 Å². The first-order valence-electron chi connectivity index (χ1n) is 4.96. The summed E-state index contributed by atoms with van der Waals surface area (Å²) in [5, 5.41) is 0.229. The largest absolute Gasteiger partial charge is 0.395 e. The lowest BCUT2D eigenvalue weighted by atomic mass is 10.1.